The minimum absolute atomic E-state index is 0.0776. The molecule has 0 unspecified atom stereocenters. The number of phenols is 1. The van der Waals surface area contributed by atoms with Crippen LogP contribution in [0.1, 0.15) is 25.0 Å². The molecule has 0 aromatic heterocycles. The van der Waals surface area contributed by atoms with Crippen molar-refractivity contribution in [3.8, 4) is 11.8 Å². The molecular formula is C12H12FNO3. The fourth-order valence-corrected chi connectivity index (χ4v) is 1.43. The third kappa shape index (κ3) is 2.72. The first-order valence-corrected chi connectivity index (χ1v) is 4.93. The van der Waals surface area contributed by atoms with Gasteiger partial charge in [-0.3, -0.25) is 4.79 Å². The Hall–Kier alpha value is -2.09. The summed E-state index contributed by atoms with van der Waals surface area (Å²) in [7, 11) is 0. The zero-order valence-electron chi connectivity index (χ0n) is 9.49. The highest BCUT2D eigenvalue weighted by Crippen LogP contribution is 2.27. The molecule has 0 radical (unpaired) electrons. The lowest BCUT2D eigenvalue weighted by Crippen LogP contribution is -2.26. The smallest absolute Gasteiger partial charge is 0.309 e. The van der Waals surface area contributed by atoms with E-state index in [0.717, 1.165) is 6.07 Å². The molecule has 0 aliphatic rings. The maximum Gasteiger partial charge on any atom is 0.309 e. The van der Waals surface area contributed by atoms with Crippen LogP contribution < -0.4 is 0 Å². The van der Waals surface area contributed by atoms with E-state index in [-0.39, 0.29) is 12.0 Å². The van der Waals surface area contributed by atoms with Gasteiger partial charge in [0.25, 0.3) is 0 Å². The summed E-state index contributed by atoms with van der Waals surface area (Å²) in [5.74, 6) is -2.63. The van der Waals surface area contributed by atoms with Crippen LogP contribution >= 0.6 is 0 Å². The van der Waals surface area contributed by atoms with Gasteiger partial charge in [-0.05, 0) is 38.0 Å². The van der Waals surface area contributed by atoms with Crippen molar-refractivity contribution < 1.29 is 19.4 Å². The highest BCUT2D eigenvalue weighted by molar-refractivity contribution is 5.74. The molecule has 0 bridgehead atoms. The Bertz CT molecular complexity index is 503. The lowest BCUT2D eigenvalue weighted by molar-refractivity contribution is -0.146. The van der Waals surface area contributed by atoms with Gasteiger partial charge in [0.05, 0.1) is 11.0 Å². The number of aromatic hydroxyl groups is 1. The Labute approximate surface area is 97.9 Å². The van der Waals surface area contributed by atoms with Crippen molar-refractivity contribution in [3.63, 3.8) is 0 Å². The summed E-state index contributed by atoms with van der Waals surface area (Å²) >= 11 is 0. The molecule has 0 aliphatic heterocycles. The van der Waals surface area contributed by atoms with Gasteiger partial charge in [-0.2, -0.15) is 5.26 Å². The fraction of sp³-hybridized carbons (Fsp3) is 0.333. The van der Waals surface area contributed by atoms with Crippen LogP contribution in [-0.2, 0) is 11.2 Å². The van der Waals surface area contributed by atoms with Gasteiger partial charge in [0, 0.05) is 0 Å². The molecule has 0 heterocycles. The zero-order chi connectivity index (χ0) is 13.2. The lowest BCUT2D eigenvalue weighted by Gasteiger charge is -2.19. The van der Waals surface area contributed by atoms with E-state index in [2.05, 4.69) is 0 Å². The second-order valence-electron chi connectivity index (χ2n) is 4.45. The summed E-state index contributed by atoms with van der Waals surface area (Å²) in [6.07, 6.45) is 0.0776. The molecule has 0 spiro atoms. The largest absolute Gasteiger partial charge is 0.504 e. The zero-order valence-corrected chi connectivity index (χ0v) is 9.49. The van der Waals surface area contributed by atoms with Crippen LogP contribution in [0.4, 0.5) is 4.39 Å². The standard InChI is InChI=1S/C12H12FNO3/c1-12(2,11(16)17)5-7-3-8(6-14)10(15)9(13)4-7/h3-4,15H,5H2,1-2H3,(H,16,17). The molecule has 0 saturated carbocycles. The van der Waals surface area contributed by atoms with Crippen LogP contribution in [0.25, 0.3) is 0 Å². The minimum Gasteiger partial charge on any atom is -0.504 e. The van der Waals surface area contributed by atoms with Crippen LogP contribution in [0.15, 0.2) is 12.1 Å². The quantitative estimate of drug-likeness (QED) is 0.843. The van der Waals surface area contributed by atoms with E-state index in [1.165, 1.54) is 19.9 Å². The van der Waals surface area contributed by atoms with Crippen LogP contribution in [0.2, 0.25) is 0 Å². The molecule has 1 rings (SSSR count). The summed E-state index contributed by atoms with van der Waals surface area (Å²) in [5.41, 5.74) is -0.888. The van der Waals surface area contributed by atoms with Crippen molar-refractivity contribution in [1.82, 2.24) is 0 Å². The van der Waals surface area contributed by atoms with Crippen molar-refractivity contribution in [1.29, 1.82) is 5.26 Å². The molecule has 0 amide bonds. The first kappa shape index (κ1) is 13.0. The number of hydrogen-bond donors (Lipinski definition) is 2. The molecule has 2 N–H and O–H groups in total. The second-order valence-corrected chi connectivity index (χ2v) is 4.45. The monoisotopic (exact) mass is 237 g/mol. The van der Waals surface area contributed by atoms with E-state index >= 15 is 0 Å². The maximum absolute atomic E-state index is 13.3. The minimum atomic E-state index is -1.06. The van der Waals surface area contributed by atoms with Crippen molar-refractivity contribution in [3.05, 3.63) is 29.1 Å². The van der Waals surface area contributed by atoms with Crippen molar-refractivity contribution in [2.75, 3.05) is 0 Å². The molecule has 90 valence electrons. The van der Waals surface area contributed by atoms with Crippen molar-refractivity contribution in [2.45, 2.75) is 20.3 Å². The van der Waals surface area contributed by atoms with E-state index in [0.29, 0.717) is 5.56 Å². The maximum atomic E-state index is 13.3. The summed E-state index contributed by atoms with van der Waals surface area (Å²) in [6, 6.07) is 3.99. The lowest BCUT2D eigenvalue weighted by atomic mass is 9.85. The Morgan fingerprint density at radius 3 is 2.59 bits per heavy atom. The molecule has 0 saturated heterocycles. The highest BCUT2D eigenvalue weighted by atomic mass is 19.1. The number of nitriles is 1. The van der Waals surface area contributed by atoms with Gasteiger partial charge in [-0.1, -0.05) is 0 Å². The molecule has 1 aromatic rings. The van der Waals surface area contributed by atoms with Crippen molar-refractivity contribution >= 4 is 5.97 Å². The molecule has 5 heteroatoms. The number of aliphatic carboxylic acids is 1. The Morgan fingerprint density at radius 2 is 2.12 bits per heavy atom. The fourth-order valence-electron chi connectivity index (χ4n) is 1.43. The van der Waals surface area contributed by atoms with E-state index in [4.69, 9.17) is 10.4 Å². The predicted octanol–water partition coefficient (Wildman–Crippen LogP) is 2.06. The topological polar surface area (TPSA) is 81.3 Å². The van der Waals surface area contributed by atoms with Gasteiger partial charge in [-0.25, -0.2) is 4.39 Å². The highest BCUT2D eigenvalue weighted by Gasteiger charge is 2.28. The average Bonchev–Trinajstić information content (AvgIpc) is 2.22. The van der Waals surface area contributed by atoms with Gasteiger partial charge in [-0.15, -0.1) is 0 Å². The van der Waals surface area contributed by atoms with Crippen LogP contribution in [-0.4, -0.2) is 16.2 Å². The third-order valence-corrected chi connectivity index (χ3v) is 2.47. The van der Waals surface area contributed by atoms with E-state index in [9.17, 15) is 14.3 Å². The molecular weight excluding hydrogens is 225 g/mol. The number of phenolic OH excluding ortho intramolecular Hbond substituents is 1. The number of rotatable bonds is 3. The van der Waals surface area contributed by atoms with Gasteiger partial charge in [0.15, 0.2) is 11.6 Å². The van der Waals surface area contributed by atoms with Crippen LogP contribution in [0.3, 0.4) is 0 Å². The van der Waals surface area contributed by atoms with Gasteiger partial charge < -0.3 is 10.2 Å². The van der Waals surface area contributed by atoms with E-state index in [1.54, 1.807) is 6.07 Å². The number of nitrogens with zero attached hydrogens (tertiary/aromatic N) is 1. The third-order valence-electron chi connectivity index (χ3n) is 2.47. The summed E-state index contributed by atoms with van der Waals surface area (Å²) in [6.45, 7) is 3.01. The molecule has 0 fully saturated rings. The Balaban J connectivity index is 3.14. The number of carboxylic acids is 1. The first-order valence-electron chi connectivity index (χ1n) is 4.93. The summed E-state index contributed by atoms with van der Waals surface area (Å²) < 4.78 is 13.3. The normalized spacial score (nSPS) is 10.9. The average molecular weight is 237 g/mol. The summed E-state index contributed by atoms with van der Waals surface area (Å²) in [5, 5.41) is 26.8. The number of halogens is 1. The Morgan fingerprint density at radius 1 is 1.53 bits per heavy atom. The number of benzene rings is 1. The van der Waals surface area contributed by atoms with E-state index < -0.39 is 23.0 Å². The Kier molecular flexibility index (Phi) is 3.37. The number of hydrogen-bond acceptors (Lipinski definition) is 3. The van der Waals surface area contributed by atoms with Crippen LogP contribution in [0, 0.1) is 22.6 Å². The second kappa shape index (κ2) is 4.42. The first-order chi connectivity index (χ1) is 7.77. The number of carboxylic acid groups (broad SMARTS) is 1. The predicted molar refractivity (Wildman–Crippen MR) is 57.9 cm³/mol. The SMILES string of the molecule is CC(C)(Cc1cc(F)c(O)c(C#N)c1)C(=O)O. The molecule has 4 nitrogen and oxygen atoms in total. The molecule has 0 aliphatic carbocycles. The summed E-state index contributed by atoms with van der Waals surface area (Å²) in [4.78, 5) is 10.9. The van der Waals surface area contributed by atoms with Crippen molar-refractivity contribution in [2.24, 2.45) is 5.41 Å². The van der Waals surface area contributed by atoms with Gasteiger partial charge >= 0.3 is 5.97 Å². The number of carbonyl (C=O) groups is 1. The van der Waals surface area contributed by atoms with Gasteiger partial charge in [0.1, 0.15) is 6.07 Å². The van der Waals surface area contributed by atoms with E-state index in [1.807, 2.05) is 0 Å². The molecule has 0 atom stereocenters. The molecule has 1 aromatic carbocycles. The van der Waals surface area contributed by atoms with Gasteiger partial charge in [0.2, 0.25) is 0 Å². The van der Waals surface area contributed by atoms with Crippen LogP contribution in [0.5, 0.6) is 5.75 Å². The molecule has 17 heavy (non-hydrogen) atoms.